The number of pyridine rings is 1. The molecule has 7 heteroatoms. The monoisotopic (exact) mass is 505 g/mol. The van der Waals surface area contributed by atoms with E-state index >= 15 is 0 Å². The van der Waals surface area contributed by atoms with Crippen LogP contribution in [0.1, 0.15) is 0 Å². The van der Waals surface area contributed by atoms with Crippen molar-refractivity contribution in [2.24, 2.45) is 0 Å². The highest BCUT2D eigenvalue weighted by Crippen LogP contribution is 2.34. The number of rotatable bonds is 5. The van der Waals surface area contributed by atoms with E-state index in [1.165, 1.54) is 23.1 Å². The fraction of sp³-hybridized carbons (Fsp3) is 0.0417. The number of thiazole rings is 1. The van der Waals surface area contributed by atoms with Gasteiger partial charge in [-0.3, -0.25) is 4.79 Å². The summed E-state index contributed by atoms with van der Waals surface area (Å²) in [6.45, 7) is 0. The SMILES string of the molecule is O=C(CSc1c2ccccc2nc2ccccc12)Nc1nc(-c2ccc(Br)cc2)cs1. The second kappa shape index (κ2) is 8.78. The molecule has 0 bridgehead atoms. The van der Waals surface area contributed by atoms with Crippen LogP contribution in [0.5, 0.6) is 0 Å². The number of nitrogens with one attached hydrogen (secondary N) is 1. The molecule has 2 heterocycles. The van der Waals surface area contributed by atoms with Crippen molar-refractivity contribution in [2.45, 2.75) is 4.90 Å². The van der Waals surface area contributed by atoms with Crippen molar-refractivity contribution >= 4 is 71.9 Å². The van der Waals surface area contributed by atoms with Gasteiger partial charge in [0, 0.05) is 31.1 Å². The molecule has 0 aliphatic carbocycles. The van der Waals surface area contributed by atoms with E-state index in [4.69, 9.17) is 4.98 Å². The number of thioether (sulfide) groups is 1. The Morgan fingerprint density at radius 3 is 2.23 bits per heavy atom. The zero-order valence-electron chi connectivity index (χ0n) is 16.2. The molecule has 0 saturated carbocycles. The quantitative estimate of drug-likeness (QED) is 0.206. The standard InChI is InChI=1S/C24H16BrN3OS2/c25-16-11-9-15(10-12-16)21-13-31-24(27-21)28-22(29)14-30-23-17-5-1-3-7-19(17)26-20-8-4-2-6-18(20)23/h1-13H,14H2,(H,27,28,29). The Hall–Kier alpha value is -2.74. The highest BCUT2D eigenvalue weighted by molar-refractivity contribution is 9.10. The summed E-state index contributed by atoms with van der Waals surface area (Å²) in [7, 11) is 0. The van der Waals surface area contributed by atoms with E-state index in [1.807, 2.05) is 66.0 Å². The maximum Gasteiger partial charge on any atom is 0.236 e. The number of nitrogens with zero attached hydrogens (tertiary/aromatic N) is 2. The molecule has 0 radical (unpaired) electrons. The van der Waals surface area contributed by atoms with Crippen molar-refractivity contribution in [1.29, 1.82) is 0 Å². The van der Waals surface area contributed by atoms with E-state index < -0.39 is 0 Å². The molecule has 0 unspecified atom stereocenters. The summed E-state index contributed by atoms with van der Waals surface area (Å²) < 4.78 is 1.02. The topological polar surface area (TPSA) is 54.9 Å². The molecule has 5 rings (SSSR count). The number of fused-ring (bicyclic) bond motifs is 2. The molecule has 152 valence electrons. The van der Waals surface area contributed by atoms with Gasteiger partial charge in [0.05, 0.1) is 22.5 Å². The van der Waals surface area contributed by atoms with Crippen LogP contribution in [0.15, 0.2) is 87.5 Å². The Morgan fingerprint density at radius 1 is 0.903 bits per heavy atom. The highest BCUT2D eigenvalue weighted by atomic mass is 79.9. The number of hydrogen-bond acceptors (Lipinski definition) is 5. The van der Waals surface area contributed by atoms with Gasteiger partial charge < -0.3 is 5.32 Å². The molecule has 31 heavy (non-hydrogen) atoms. The smallest absolute Gasteiger partial charge is 0.236 e. The maximum absolute atomic E-state index is 12.7. The number of halogens is 1. The van der Waals surface area contributed by atoms with Crippen LogP contribution in [0, 0.1) is 0 Å². The van der Waals surface area contributed by atoms with Crippen LogP contribution in [0.25, 0.3) is 33.1 Å². The van der Waals surface area contributed by atoms with Gasteiger partial charge in [0.15, 0.2) is 5.13 Å². The van der Waals surface area contributed by atoms with Crippen LogP contribution >= 0.6 is 39.0 Å². The second-order valence-electron chi connectivity index (χ2n) is 6.86. The zero-order valence-corrected chi connectivity index (χ0v) is 19.4. The van der Waals surface area contributed by atoms with Gasteiger partial charge in [0.1, 0.15) is 0 Å². The van der Waals surface area contributed by atoms with Gasteiger partial charge in [-0.05, 0) is 24.3 Å². The minimum absolute atomic E-state index is 0.0771. The first kappa shape index (κ1) is 20.2. The zero-order chi connectivity index (χ0) is 21.2. The van der Waals surface area contributed by atoms with E-state index in [1.54, 1.807) is 0 Å². The maximum atomic E-state index is 12.7. The molecule has 0 fully saturated rings. The Balaban J connectivity index is 1.34. The molecular weight excluding hydrogens is 490 g/mol. The van der Waals surface area contributed by atoms with E-state index in [2.05, 4.69) is 38.4 Å². The number of hydrogen-bond donors (Lipinski definition) is 1. The molecule has 0 aliphatic heterocycles. The lowest BCUT2D eigenvalue weighted by Gasteiger charge is -2.10. The molecule has 1 N–H and O–H groups in total. The third-order valence-corrected chi connectivity index (χ3v) is 7.20. The number of carbonyl (C=O) groups excluding carboxylic acids is 1. The molecule has 0 aliphatic rings. The lowest BCUT2D eigenvalue weighted by atomic mass is 10.1. The van der Waals surface area contributed by atoms with Gasteiger partial charge in [-0.25, -0.2) is 9.97 Å². The van der Waals surface area contributed by atoms with Crippen molar-refractivity contribution in [2.75, 3.05) is 11.1 Å². The molecule has 1 amide bonds. The largest absolute Gasteiger partial charge is 0.301 e. The predicted molar refractivity (Wildman–Crippen MR) is 134 cm³/mol. The van der Waals surface area contributed by atoms with Crippen LogP contribution in [0.2, 0.25) is 0 Å². The summed E-state index contributed by atoms with van der Waals surface area (Å²) in [4.78, 5) is 23.0. The molecule has 0 spiro atoms. The van der Waals surface area contributed by atoms with Gasteiger partial charge in [-0.15, -0.1) is 23.1 Å². The highest BCUT2D eigenvalue weighted by Gasteiger charge is 2.13. The number of anilines is 1. The van der Waals surface area contributed by atoms with Gasteiger partial charge in [-0.2, -0.15) is 0 Å². The lowest BCUT2D eigenvalue weighted by molar-refractivity contribution is -0.113. The number of benzene rings is 3. The van der Waals surface area contributed by atoms with Crippen LogP contribution in [0.3, 0.4) is 0 Å². The third-order valence-electron chi connectivity index (χ3n) is 4.78. The Bertz CT molecular complexity index is 1350. The number of para-hydroxylation sites is 2. The summed E-state index contributed by atoms with van der Waals surface area (Å²) in [6, 6.07) is 24.1. The Labute approximate surface area is 195 Å². The summed E-state index contributed by atoms with van der Waals surface area (Å²) in [5.74, 6) is 0.220. The van der Waals surface area contributed by atoms with Gasteiger partial charge in [0.2, 0.25) is 5.91 Å². The van der Waals surface area contributed by atoms with Crippen molar-refractivity contribution < 1.29 is 4.79 Å². The van der Waals surface area contributed by atoms with E-state index in [-0.39, 0.29) is 5.91 Å². The average Bonchev–Trinajstić information content (AvgIpc) is 3.25. The average molecular weight is 506 g/mol. The number of aromatic nitrogens is 2. The summed E-state index contributed by atoms with van der Waals surface area (Å²) in [5, 5.41) is 7.61. The molecule has 2 aromatic heterocycles. The van der Waals surface area contributed by atoms with E-state index in [0.29, 0.717) is 10.9 Å². The van der Waals surface area contributed by atoms with Gasteiger partial charge in [-0.1, -0.05) is 64.5 Å². The van der Waals surface area contributed by atoms with Crippen molar-refractivity contribution in [3.63, 3.8) is 0 Å². The predicted octanol–water partition coefficient (Wildman–Crippen LogP) is 7.00. The number of amides is 1. The summed E-state index contributed by atoms with van der Waals surface area (Å²) in [5.41, 5.74) is 3.74. The van der Waals surface area contributed by atoms with Crippen molar-refractivity contribution in [3.05, 3.63) is 82.6 Å². The number of carbonyl (C=O) groups is 1. The normalized spacial score (nSPS) is 11.1. The fourth-order valence-electron chi connectivity index (χ4n) is 3.33. The van der Waals surface area contributed by atoms with Crippen LogP contribution < -0.4 is 5.32 Å². The first-order valence-corrected chi connectivity index (χ1v) is 12.2. The van der Waals surface area contributed by atoms with Crippen LogP contribution in [-0.4, -0.2) is 21.6 Å². The molecule has 5 aromatic rings. The Morgan fingerprint density at radius 2 is 1.55 bits per heavy atom. The molecule has 3 aromatic carbocycles. The molecule has 0 atom stereocenters. The van der Waals surface area contributed by atoms with Crippen molar-refractivity contribution in [3.8, 4) is 11.3 Å². The first-order valence-electron chi connectivity index (χ1n) is 9.59. The van der Waals surface area contributed by atoms with Crippen LogP contribution in [0.4, 0.5) is 5.13 Å². The Kier molecular flexibility index (Phi) is 5.72. The summed E-state index contributed by atoms with van der Waals surface area (Å²) in [6.07, 6.45) is 0. The first-order chi connectivity index (χ1) is 15.2. The summed E-state index contributed by atoms with van der Waals surface area (Å²) >= 11 is 6.40. The lowest BCUT2D eigenvalue weighted by Crippen LogP contribution is -2.13. The molecule has 4 nitrogen and oxygen atoms in total. The van der Waals surface area contributed by atoms with Gasteiger partial charge >= 0.3 is 0 Å². The minimum atomic E-state index is -0.0771. The third kappa shape index (κ3) is 4.35. The van der Waals surface area contributed by atoms with Gasteiger partial charge in [0.25, 0.3) is 0 Å². The van der Waals surface area contributed by atoms with E-state index in [0.717, 1.165) is 42.4 Å². The second-order valence-corrected chi connectivity index (χ2v) is 9.62. The van der Waals surface area contributed by atoms with E-state index in [9.17, 15) is 4.79 Å². The van der Waals surface area contributed by atoms with Crippen molar-refractivity contribution in [1.82, 2.24) is 9.97 Å². The molecular formula is C24H16BrN3OS2. The minimum Gasteiger partial charge on any atom is -0.301 e. The fourth-order valence-corrected chi connectivity index (χ4v) is 5.34. The molecule has 0 saturated heterocycles. The van der Waals surface area contributed by atoms with Crippen LogP contribution in [-0.2, 0) is 4.79 Å².